The Morgan fingerprint density at radius 2 is 2.29 bits per heavy atom. The first-order valence-electron chi connectivity index (χ1n) is 4.25. The highest BCUT2D eigenvalue weighted by Crippen LogP contribution is 2.32. The van der Waals surface area contributed by atoms with E-state index in [2.05, 4.69) is 0 Å². The molecule has 1 N–H and O–H groups in total. The Labute approximate surface area is 86.1 Å². The lowest BCUT2D eigenvalue weighted by Gasteiger charge is -2.01. The summed E-state index contributed by atoms with van der Waals surface area (Å²) in [6, 6.07) is 4.08. The first-order chi connectivity index (χ1) is 6.65. The summed E-state index contributed by atoms with van der Waals surface area (Å²) in [5, 5.41) is 19.8. The van der Waals surface area contributed by atoms with Crippen molar-refractivity contribution in [2.75, 3.05) is 5.75 Å². The molecule has 1 aromatic rings. The van der Waals surface area contributed by atoms with E-state index in [0.717, 1.165) is 12.2 Å². The van der Waals surface area contributed by atoms with Gasteiger partial charge >= 0.3 is 0 Å². The normalized spacial score (nSPS) is 10.1. The second kappa shape index (κ2) is 4.85. The smallest absolute Gasteiger partial charge is 0.283 e. The van der Waals surface area contributed by atoms with Gasteiger partial charge in [0.2, 0.25) is 0 Å². The molecule has 0 aromatic heterocycles. The molecule has 0 saturated carbocycles. The number of aromatic hydroxyl groups is 1. The molecule has 0 fully saturated rings. The number of nitro benzene ring substituents is 1. The lowest BCUT2D eigenvalue weighted by molar-refractivity contribution is -0.387. The molecule has 0 bridgehead atoms. The van der Waals surface area contributed by atoms with Crippen molar-refractivity contribution in [2.45, 2.75) is 18.2 Å². The van der Waals surface area contributed by atoms with E-state index in [1.54, 1.807) is 0 Å². The summed E-state index contributed by atoms with van der Waals surface area (Å²) in [4.78, 5) is 10.7. The van der Waals surface area contributed by atoms with Crippen molar-refractivity contribution in [1.29, 1.82) is 0 Å². The molecule has 4 nitrogen and oxygen atoms in total. The van der Waals surface area contributed by atoms with Crippen LogP contribution in [-0.2, 0) is 0 Å². The minimum atomic E-state index is -0.433. The van der Waals surface area contributed by atoms with Gasteiger partial charge in [0.05, 0.1) is 9.82 Å². The summed E-state index contributed by atoms with van der Waals surface area (Å²) in [5.74, 6) is 0.874. The number of nitrogens with zero attached hydrogens (tertiary/aromatic N) is 1. The highest BCUT2D eigenvalue weighted by Gasteiger charge is 2.13. The maximum absolute atomic E-state index is 10.6. The number of hydrogen-bond donors (Lipinski definition) is 1. The molecule has 0 saturated heterocycles. The van der Waals surface area contributed by atoms with Crippen LogP contribution >= 0.6 is 11.8 Å². The quantitative estimate of drug-likeness (QED) is 0.474. The molecule has 1 rings (SSSR count). The monoisotopic (exact) mass is 213 g/mol. The third-order valence-corrected chi connectivity index (χ3v) is 2.85. The maximum atomic E-state index is 10.6. The molecule has 0 unspecified atom stereocenters. The first kappa shape index (κ1) is 10.8. The summed E-state index contributed by atoms with van der Waals surface area (Å²) >= 11 is 1.39. The predicted octanol–water partition coefficient (Wildman–Crippen LogP) is 2.80. The highest BCUT2D eigenvalue weighted by molar-refractivity contribution is 7.99. The van der Waals surface area contributed by atoms with Gasteiger partial charge in [0.1, 0.15) is 5.75 Å². The van der Waals surface area contributed by atoms with E-state index in [-0.39, 0.29) is 11.4 Å². The number of nitro groups is 1. The standard InChI is InChI=1S/C9H11NO3S/c1-2-5-14-9-6-7(11)3-4-8(9)10(12)13/h3-4,6,11H,2,5H2,1H3. The molecule has 1 aromatic carbocycles. The average Bonchev–Trinajstić information content (AvgIpc) is 2.14. The molecule has 0 atom stereocenters. The fraction of sp³-hybridized carbons (Fsp3) is 0.333. The summed E-state index contributed by atoms with van der Waals surface area (Å²) < 4.78 is 0. The molecule has 76 valence electrons. The lowest BCUT2D eigenvalue weighted by atomic mass is 10.3. The van der Waals surface area contributed by atoms with E-state index >= 15 is 0 Å². The Kier molecular flexibility index (Phi) is 3.76. The molecule has 0 aliphatic rings. The van der Waals surface area contributed by atoms with Crippen LogP contribution in [0.4, 0.5) is 5.69 Å². The number of benzene rings is 1. The van der Waals surface area contributed by atoms with Gasteiger partial charge in [0.25, 0.3) is 5.69 Å². The number of rotatable bonds is 4. The van der Waals surface area contributed by atoms with Gasteiger partial charge in [-0.2, -0.15) is 0 Å². The molecule has 0 spiro atoms. The Morgan fingerprint density at radius 1 is 1.57 bits per heavy atom. The first-order valence-corrected chi connectivity index (χ1v) is 5.24. The number of phenols is 1. The van der Waals surface area contributed by atoms with Crippen molar-refractivity contribution in [1.82, 2.24) is 0 Å². The van der Waals surface area contributed by atoms with Crippen LogP contribution in [-0.4, -0.2) is 15.8 Å². The van der Waals surface area contributed by atoms with Crippen molar-refractivity contribution in [3.8, 4) is 5.75 Å². The molecule has 14 heavy (non-hydrogen) atoms. The Hall–Kier alpha value is -1.23. The second-order valence-corrected chi connectivity index (χ2v) is 3.89. The molecular weight excluding hydrogens is 202 g/mol. The van der Waals surface area contributed by atoms with Crippen LogP contribution in [0.25, 0.3) is 0 Å². The van der Waals surface area contributed by atoms with E-state index in [0.29, 0.717) is 4.90 Å². The number of hydrogen-bond acceptors (Lipinski definition) is 4. The van der Waals surface area contributed by atoms with Crippen LogP contribution in [0.5, 0.6) is 5.75 Å². The van der Waals surface area contributed by atoms with Crippen molar-refractivity contribution in [2.24, 2.45) is 0 Å². The van der Waals surface area contributed by atoms with Gasteiger partial charge in [-0.15, -0.1) is 11.8 Å². The van der Waals surface area contributed by atoms with Gasteiger partial charge in [-0.25, -0.2) is 0 Å². The maximum Gasteiger partial charge on any atom is 0.283 e. The molecule has 0 heterocycles. The van der Waals surface area contributed by atoms with Crippen molar-refractivity contribution in [3.63, 3.8) is 0 Å². The van der Waals surface area contributed by atoms with Gasteiger partial charge in [-0.1, -0.05) is 6.92 Å². The summed E-state index contributed by atoms with van der Waals surface area (Å²) in [6.45, 7) is 2.00. The topological polar surface area (TPSA) is 63.4 Å². The van der Waals surface area contributed by atoms with Crippen molar-refractivity contribution >= 4 is 17.4 Å². The molecule has 0 aliphatic carbocycles. The fourth-order valence-corrected chi connectivity index (χ4v) is 1.90. The van der Waals surface area contributed by atoms with E-state index < -0.39 is 4.92 Å². The SMILES string of the molecule is CCCSc1cc(O)ccc1[N+](=O)[O-]. The van der Waals surface area contributed by atoms with Gasteiger partial charge in [-0.05, 0) is 18.2 Å². The second-order valence-electron chi connectivity index (χ2n) is 2.76. The van der Waals surface area contributed by atoms with Gasteiger partial charge in [0, 0.05) is 12.1 Å². The predicted molar refractivity (Wildman–Crippen MR) is 55.8 cm³/mol. The third-order valence-electron chi connectivity index (χ3n) is 1.60. The van der Waals surface area contributed by atoms with Crippen molar-refractivity contribution in [3.05, 3.63) is 28.3 Å². The Morgan fingerprint density at radius 3 is 2.86 bits per heavy atom. The summed E-state index contributed by atoms with van der Waals surface area (Å²) in [6.07, 6.45) is 0.942. The molecule has 0 aliphatic heterocycles. The van der Waals surface area contributed by atoms with Crippen LogP contribution < -0.4 is 0 Å². The molecule has 0 amide bonds. The van der Waals surface area contributed by atoms with Crippen molar-refractivity contribution < 1.29 is 10.0 Å². The molecule has 5 heteroatoms. The van der Waals surface area contributed by atoms with Gasteiger partial charge in [0.15, 0.2) is 0 Å². The zero-order valence-corrected chi connectivity index (χ0v) is 8.58. The van der Waals surface area contributed by atoms with Crippen LogP contribution in [0.2, 0.25) is 0 Å². The van der Waals surface area contributed by atoms with Crippen LogP contribution in [0, 0.1) is 10.1 Å². The zero-order chi connectivity index (χ0) is 10.6. The number of thioether (sulfide) groups is 1. The minimum Gasteiger partial charge on any atom is -0.508 e. The Balaban J connectivity index is 2.97. The largest absolute Gasteiger partial charge is 0.508 e. The fourth-order valence-electron chi connectivity index (χ4n) is 0.981. The Bertz CT molecular complexity index is 341. The molecule has 0 radical (unpaired) electrons. The minimum absolute atomic E-state index is 0.0567. The molecular formula is C9H11NO3S. The lowest BCUT2D eigenvalue weighted by Crippen LogP contribution is -1.90. The van der Waals surface area contributed by atoms with E-state index in [1.807, 2.05) is 6.92 Å². The van der Waals surface area contributed by atoms with Gasteiger partial charge < -0.3 is 5.11 Å². The summed E-state index contributed by atoms with van der Waals surface area (Å²) in [5.41, 5.74) is 0.0567. The third kappa shape index (κ3) is 2.63. The van der Waals surface area contributed by atoms with E-state index in [1.165, 1.54) is 30.0 Å². The zero-order valence-electron chi connectivity index (χ0n) is 7.77. The number of phenolic OH excluding ortho intramolecular Hbond substituents is 1. The average molecular weight is 213 g/mol. The van der Waals surface area contributed by atoms with Gasteiger partial charge in [-0.3, -0.25) is 10.1 Å². The van der Waals surface area contributed by atoms with Crippen LogP contribution in [0.3, 0.4) is 0 Å². The van der Waals surface area contributed by atoms with Crippen LogP contribution in [0.15, 0.2) is 23.1 Å². The summed E-state index contributed by atoms with van der Waals surface area (Å²) in [7, 11) is 0. The van der Waals surface area contributed by atoms with E-state index in [9.17, 15) is 15.2 Å². The van der Waals surface area contributed by atoms with E-state index in [4.69, 9.17) is 0 Å². The highest BCUT2D eigenvalue weighted by atomic mass is 32.2. The van der Waals surface area contributed by atoms with Crippen LogP contribution in [0.1, 0.15) is 13.3 Å².